The van der Waals surface area contributed by atoms with Gasteiger partial charge in [-0.15, -0.1) is 13.2 Å². The number of para-hydroxylation sites is 1. The molecule has 0 aliphatic carbocycles. The summed E-state index contributed by atoms with van der Waals surface area (Å²) in [4.78, 5) is 3.82. The number of aliphatic hydroxyl groups excluding tert-OH is 1. The number of nitrogens with zero attached hydrogens (tertiary/aromatic N) is 1. The predicted octanol–water partition coefficient (Wildman–Crippen LogP) is 3.79. The zero-order valence-electron chi connectivity index (χ0n) is 9.99. The summed E-state index contributed by atoms with van der Waals surface area (Å²) in [6, 6.07) is 7.02. The molecule has 0 unspecified atom stereocenters. The molecule has 106 valence electrons. The molecule has 3 nitrogen and oxygen atoms in total. The van der Waals surface area contributed by atoms with E-state index in [0.717, 1.165) is 0 Å². The Bertz CT molecular complexity index is 617. The summed E-state index contributed by atoms with van der Waals surface area (Å²) in [7, 11) is 0. The first-order chi connectivity index (χ1) is 9.40. The van der Waals surface area contributed by atoms with Crippen molar-refractivity contribution in [3.63, 3.8) is 0 Å². The Morgan fingerprint density at radius 2 is 1.90 bits per heavy atom. The number of hydrogen-bond donors (Lipinski definition) is 1. The summed E-state index contributed by atoms with van der Waals surface area (Å²) in [6.07, 6.45) is -3.50. The van der Waals surface area contributed by atoms with E-state index in [2.05, 4.69) is 9.72 Å². The summed E-state index contributed by atoms with van der Waals surface area (Å²) in [5.74, 6) is -0.362. The van der Waals surface area contributed by atoms with Crippen LogP contribution in [0.4, 0.5) is 13.2 Å². The third-order valence-corrected chi connectivity index (χ3v) is 2.74. The van der Waals surface area contributed by atoms with Crippen molar-refractivity contribution in [2.45, 2.75) is 13.0 Å². The summed E-state index contributed by atoms with van der Waals surface area (Å²) in [5, 5.41) is 9.42. The minimum absolute atomic E-state index is 0.145. The predicted molar refractivity (Wildman–Crippen MR) is 67.3 cm³/mol. The summed E-state index contributed by atoms with van der Waals surface area (Å²) < 4.78 is 41.1. The first-order valence-electron chi connectivity index (χ1n) is 5.51. The van der Waals surface area contributed by atoms with E-state index in [1.165, 1.54) is 30.5 Å². The quantitative estimate of drug-likeness (QED) is 0.877. The molecule has 0 aliphatic heterocycles. The van der Waals surface area contributed by atoms with Crippen molar-refractivity contribution >= 4 is 11.6 Å². The number of rotatable bonds is 3. The molecular weight excluding hydrogens is 295 g/mol. The van der Waals surface area contributed by atoms with Crippen molar-refractivity contribution in [1.82, 2.24) is 4.98 Å². The van der Waals surface area contributed by atoms with E-state index in [1.807, 2.05) is 0 Å². The Morgan fingerprint density at radius 1 is 1.20 bits per heavy atom. The van der Waals surface area contributed by atoms with Gasteiger partial charge in [0.1, 0.15) is 10.9 Å². The van der Waals surface area contributed by atoms with Gasteiger partial charge in [0.05, 0.1) is 6.61 Å². The van der Waals surface area contributed by atoms with E-state index >= 15 is 0 Å². The number of hydrogen-bond acceptors (Lipinski definition) is 3. The molecule has 1 N–H and O–H groups in total. The topological polar surface area (TPSA) is 42.4 Å². The fourth-order valence-corrected chi connectivity index (χ4v) is 1.92. The second kappa shape index (κ2) is 5.68. The smallest absolute Gasteiger partial charge is 0.405 e. The molecule has 0 bridgehead atoms. The number of aliphatic hydroxyl groups is 1. The second-order valence-electron chi connectivity index (χ2n) is 3.87. The third kappa shape index (κ3) is 3.40. The molecule has 0 radical (unpaired) electrons. The highest BCUT2D eigenvalue weighted by Crippen LogP contribution is 2.35. The SMILES string of the molecule is OCc1cc(Cl)ncc1-c1ccccc1OC(F)(F)F. The minimum atomic E-state index is -4.80. The lowest BCUT2D eigenvalue weighted by atomic mass is 10.0. The van der Waals surface area contributed by atoms with Crippen LogP contribution in [0.25, 0.3) is 11.1 Å². The van der Waals surface area contributed by atoms with Crippen molar-refractivity contribution in [2.24, 2.45) is 0 Å². The van der Waals surface area contributed by atoms with Crippen LogP contribution < -0.4 is 4.74 Å². The van der Waals surface area contributed by atoms with Crippen molar-refractivity contribution in [2.75, 3.05) is 0 Å². The van der Waals surface area contributed by atoms with Crippen molar-refractivity contribution in [3.05, 3.63) is 47.2 Å². The van der Waals surface area contributed by atoms with E-state index < -0.39 is 6.36 Å². The zero-order chi connectivity index (χ0) is 14.8. The Morgan fingerprint density at radius 3 is 2.55 bits per heavy atom. The van der Waals surface area contributed by atoms with Crippen LogP contribution in [0.2, 0.25) is 5.15 Å². The normalized spacial score (nSPS) is 11.4. The van der Waals surface area contributed by atoms with Gasteiger partial charge in [-0.1, -0.05) is 29.8 Å². The number of halogens is 4. The number of benzene rings is 1. The van der Waals surface area contributed by atoms with E-state index in [1.54, 1.807) is 6.07 Å². The van der Waals surface area contributed by atoms with Gasteiger partial charge in [0.2, 0.25) is 0 Å². The first-order valence-corrected chi connectivity index (χ1v) is 5.89. The second-order valence-corrected chi connectivity index (χ2v) is 4.25. The first kappa shape index (κ1) is 14.6. The Kier molecular flexibility index (Phi) is 4.15. The van der Waals surface area contributed by atoms with E-state index in [9.17, 15) is 18.3 Å². The molecule has 0 spiro atoms. The minimum Gasteiger partial charge on any atom is -0.405 e. The highest BCUT2D eigenvalue weighted by molar-refractivity contribution is 6.29. The van der Waals surface area contributed by atoms with Crippen LogP contribution in [0.3, 0.4) is 0 Å². The molecule has 2 aromatic rings. The maximum Gasteiger partial charge on any atom is 0.573 e. The fourth-order valence-electron chi connectivity index (χ4n) is 1.74. The van der Waals surface area contributed by atoms with Crippen LogP contribution >= 0.6 is 11.6 Å². The summed E-state index contributed by atoms with van der Waals surface area (Å²) in [5.41, 5.74) is 0.873. The molecule has 0 saturated carbocycles. The zero-order valence-corrected chi connectivity index (χ0v) is 10.7. The van der Waals surface area contributed by atoms with Crippen LogP contribution in [-0.2, 0) is 6.61 Å². The van der Waals surface area contributed by atoms with E-state index in [-0.39, 0.29) is 23.1 Å². The van der Waals surface area contributed by atoms with Gasteiger partial charge in [-0.25, -0.2) is 4.98 Å². The number of aromatic nitrogens is 1. The lowest BCUT2D eigenvalue weighted by molar-refractivity contribution is -0.274. The molecule has 0 amide bonds. The number of ether oxygens (including phenoxy) is 1. The third-order valence-electron chi connectivity index (χ3n) is 2.53. The van der Waals surface area contributed by atoms with Crippen LogP contribution in [0.15, 0.2) is 36.5 Å². The molecule has 2 rings (SSSR count). The number of pyridine rings is 1. The van der Waals surface area contributed by atoms with Crippen molar-refractivity contribution in [3.8, 4) is 16.9 Å². The Labute approximate surface area is 117 Å². The lowest BCUT2D eigenvalue weighted by Gasteiger charge is -2.14. The summed E-state index contributed by atoms with van der Waals surface area (Å²) >= 11 is 5.70. The van der Waals surface area contributed by atoms with Gasteiger partial charge in [-0.05, 0) is 17.7 Å². The summed E-state index contributed by atoms with van der Waals surface area (Å²) in [6.45, 7) is -0.377. The maximum absolute atomic E-state index is 12.4. The molecule has 1 aromatic heterocycles. The molecule has 20 heavy (non-hydrogen) atoms. The molecule has 1 heterocycles. The lowest BCUT2D eigenvalue weighted by Crippen LogP contribution is -2.17. The van der Waals surface area contributed by atoms with E-state index in [0.29, 0.717) is 11.1 Å². The van der Waals surface area contributed by atoms with Gasteiger partial charge in [0.25, 0.3) is 0 Å². The van der Waals surface area contributed by atoms with Gasteiger partial charge >= 0.3 is 6.36 Å². The standard InChI is InChI=1S/C13H9ClF3NO2/c14-12-5-8(7-19)10(6-18-12)9-3-1-2-4-11(9)20-13(15,16)17/h1-6,19H,7H2. The van der Waals surface area contributed by atoms with Gasteiger partial charge < -0.3 is 9.84 Å². The Hall–Kier alpha value is -1.79. The molecule has 7 heteroatoms. The van der Waals surface area contributed by atoms with Crippen LogP contribution in [0, 0.1) is 0 Å². The molecule has 1 aromatic carbocycles. The molecule has 0 aliphatic rings. The monoisotopic (exact) mass is 303 g/mol. The van der Waals surface area contributed by atoms with Gasteiger partial charge in [-0.2, -0.15) is 0 Å². The maximum atomic E-state index is 12.4. The fraction of sp³-hybridized carbons (Fsp3) is 0.154. The molecular formula is C13H9ClF3NO2. The average molecular weight is 304 g/mol. The van der Waals surface area contributed by atoms with E-state index in [4.69, 9.17) is 11.6 Å². The average Bonchev–Trinajstić information content (AvgIpc) is 2.38. The highest BCUT2D eigenvalue weighted by atomic mass is 35.5. The van der Waals surface area contributed by atoms with Gasteiger partial charge in [0.15, 0.2) is 0 Å². The van der Waals surface area contributed by atoms with Crippen molar-refractivity contribution in [1.29, 1.82) is 0 Å². The highest BCUT2D eigenvalue weighted by Gasteiger charge is 2.32. The molecule has 0 fully saturated rings. The van der Waals surface area contributed by atoms with Crippen LogP contribution in [-0.4, -0.2) is 16.5 Å². The Balaban J connectivity index is 2.53. The van der Waals surface area contributed by atoms with Crippen LogP contribution in [0.5, 0.6) is 5.75 Å². The van der Waals surface area contributed by atoms with Crippen molar-refractivity contribution < 1.29 is 23.0 Å². The number of alkyl halides is 3. The largest absolute Gasteiger partial charge is 0.573 e. The van der Waals surface area contributed by atoms with Gasteiger partial charge in [0, 0.05) is 17.3 Å². The van der Waals surface area contributed by atoms with Crippen LogP contribution in [0.1, 0.15) is 5.56 Å². The molecule has 0 saturated heterocycles. The van der Waals surface area contributed by atoms with Gasteiger partial charge in [-0.3, -0.25) is 0 Å². The molecule has 0 atom stereocenters.